The number of sulfone groups is 1. The van der Waals surface area contributed by atoms with Crippen molar-refractivity contribution in [2.24, 2.45) is 5.73 Å². The number of hydrogen-bond acceptors (Lipinski definition) is 5. The number of amides is 1. The van der Waals surface area contributed by atoms with Gasteiger partial charge in [-0.15, -0.1) is 0 Å². The van der Waals surface area contributed by atoms with Gasteiger partial charge in [-0.3, -0.25) is 4.79 Å². The molecule has 7 heteroatoms. The van der Waals surface area contributed by atoms with Crippen molar-refractivity contribution in [3.05, 3.63) is 0 Å². The zero-order valence-electron chi connectivity index (χ0n) is 12.7. The Hall–Kier alpha value is -0.660. The SMILES string of the molecule is NCCCN1CCCN(C(=O)C2CCCCS2(=O)=O)CC1. The van der Waals surface area contributed by atoms with E-state index in [9.17, 15) is 13.2 Å². The van der Waals surface area contributed by atoms with Crippen molar-refractivity contribution in [3.8, 4) is 0 Å². The van der Waals surface area contributed by atoms with Gasteiger partial charge in [-0.05, 0) is 45.3 Å². The maximum Gasteiger partial charge on any atom is 0.240 e. The van der Waals surface area contributed by atoms with Gasteiger partial charge in [0.15, 0.2) is 9.84 Å². The molecule has 2 saturated heterocycles. The number of carbonyl (C=O) groups is 1. The summed E-state index contributed by atoms with van der Waals surface area (Å²) in [6.45, 7) is 4.72. The molecule has 0 bridgehead atoms. The lowest BCUT2D eigenvalue weighted by molar-refractivity contribution is -0.130. The summed E-state index contributed by atoms with van der Waals surface area (Å²) >= 11 is 0. The van der Waals surface area contributed by atoms with Crippen molar-refractivity contribution >= 4 is 15.7 Å². The summed E-state index contributed by atoms with van der Waals surface area (Å²) in [7, 11) is -3.23. The number of carbonyl (C=O) groups excluding carboxylic acids is 1. The second-order valence-electron chi connectivity index (χ2n) is 6.01. The molecule has 0 aromatic carbocycles. The number of nitrogens with two attached hydrogens (primary N) is 1. The molecular formula is C14H27N3O3S. The van der Waals surface area contributed by atoms with Crippen LogP contribution in [0.5, 0.6) is 0 Å². The molecule has 122 valence electrons. The van der Waals surface area contributed by atoms with E-state index in [0.717, 1.165) is 38.9 Å². The molecular weight excluding hydrogens is 290 g/mol. The van der Waals surface area contributed by atoms with Gasteiger partial charge in [0.25, 0.3) is 0 Å². The predicted molar refractivity (Wildman–Crippen MR) is 82.7 cm³/mol. The molecule has 0 radical (unpaired) electrons. The van der Waals surface area contributed by atoms with Gasteiger partial charge < -0.3 is 15.5 Å². The van der Waals surface area contributed by atoms with Gasteiger partial charge in [0.1, 0.15) is 5.25 Å². The fourth-order valence-electron chi connectivity index (χ4n) is 3.17. The van der Waals surface area contributed by atoms with Crippen LogP contribution in [0, 0.1) is 0 Å². The lowest BCUT2D eigenvalue weighted by atomic mass is 10.1. The molecule has 1 atom stereocenters. The third-order valence-corrected chi connectivity index (χ3v) is 6.59. The number of hydrogen-bond donors (Lipinski definition) is 1. The largest absolute Gasteiger partial charge is 0.340 e. The van der Waals surface area contributed by atoms with Crippen LogP contribution in [0.15, 0.2) is 0 Å². The van der Waals surface area contributed by atoms with Gasteiger partial charge >= 0.3 is 0 Å². The summed E-state index contributed by atoms with van der Waals surface area (Å²) in [6.07, 6.45) is 3.90. The van der Waals surface area contributed by atoms with Crippen molar-refractivity contribution < 1.29 is 13.2 Å². The van der Waals surface area contributed by atoms with Crippen LogP contribution in [0.25, 0.3) is 0 Å². The van der Waals surface area contributed by atoms with E-state index in [1.807, 2.05) is 0 Å². The lowest BCUT2D eigenvalue weighted by Gasteiger charge is -2.28. The highest BCUT2D eigenvalue weighted by Crippen LogP contribution is 2.22. The van der Waals surface area contributed by atoms with E-state index in [1.54, 1.807) is 4.90 Å². The van der Waals surface area contributed by atoms with Crippen molar-refractivity contribution in [1.82, 2.24) is 9.80 Å². The fraction of sp³-hybridized carbons (Fsp3) is 0.929. The van der Waals surface area contributed by atoms with Crippen molar-refractivity contribution in [1.29, 1.82) is 0 Å². The van der Waals surface area contributed by atoms with E-state index < -0.39 is 15.1 Å². The highest BCUT2D eigenvalue weighted by atomic mass is 32.2. The molecule has 0 aromatic heterocycles. The molecule has 0 saturated carbocycles. The summed E-state index contributed by atoms with van der Waals surface area (Å²) < 4.78 is 24.2. The zero-order valence-corrected chi connectivity index (χ0v) is 13.5. The minimum Gasteiger partial charge on any atom is -0.340 e. The zero-order chi connectivity index (χ0) is 15.3. The van der Waals surface area contributed by atoms with Crippen LogP contribution in [0.2, 0.25) is 0 Å². The topological polar surface area (TPSA) is 83.7 Å². The van der Waals surface area contributed by atoms with Gasteiger partial charge in [-0.1, -0.05) is 6.42 Å². The lowest BCUT2D eigenvalue weighted by Crippen LogP contribution is -2.46. The quantitative estimate of drug-likeness (QED) is 0.779. The Kier molecular flexibility index (Phi) is 6.01. The maximum absolute atomic E-state index is 12.6. The average molecular weight is 317 g/mol. The van der Waals surface area contributed by atoms with Crippen molar-refractivity contribution in [2.75, 3.05) is 45.0 Å². The Morgan fingerprint density at radius 2 is 1.90 bits per heavy atom. The van der Waals surface area contributed by atoms with Crippen LogP contribution in [0.3, 0.4) is 0 Å². The summed E-state index contributed by atoms with van der Waals surface area (Å²) in [5, 5.41) is -0.790. The second kappa shape index (κ2) is 7.56. The molecule has 0 aromatic rings. The Morgan fingerprint density at radius 3 is 2.62 bits per heavy atom. The molecule has 2 aliphatic heterocycles. The summed E-state index contributed by atoms with van der Waals surface area (Å²) in [6, 6.07) is 0. The standard InChI is InChI=1S/C14H27N3O3S/c15-6-3-7-16-8-4-9-17(11-10-16)14(18)13-5-1-2-12-21(13,19)20/h13H,1-12,15H2. The smallest absolute Gasteiger partial charge is 0.240 e. The van der Waals surface area contributed by atoms with Gasteiger partial charge in [-0.2, -0.15) is 0 Å². The number of nitrogens with zero attached hydrogens (tertiary/aromatic N) is 2. The average Bonchev–Trinajstić information content (AvgIpc) is 2.69. The molecule has 2 heterocycles. The van der Waals surface area contributed by atoms with Crippen molar-refractivity contribution in [3.63, 3.8) is 0 Å². The highest BCUT2D eigenvalue weighted by Gasteiger charge is 2.37. The van der Waals surface area contributed by atoms with Crippen LogP contribution in [0.1, 0.15) is 32.1 Å². The first-order valence-electron chi connectivity index (χ1n) is 7.97. The Labute approximate surface area is 127 Å². The van der Waals surface area contributed by atoms with Gasteiger partial charge in [0.2, 0.25) is 5.91 Å². The molecule has 0 spiro atoms. The minimum atomic E-state index is -3.23. The van der Waals surface area contributed by atoms with Gasteiger partial charge in [0, 0.05) is 19.6 Å². The first-order valence-corrected chi connectivity index (χ1v) is 9.69. The normalized spacial score (nSPS) is 27.3. The maximum atomic E-state index is 12.6. The molecule has 0 aliphatic carbocycles. The second-order valence-corrected chi connectivity index (χ2v) is 8.32. The van der Waals surface area contributed by atoms with E-state index in [1.165, 1.54) is 0 Å². The molecule has 2 aliphatic rings. The van der Waals surface area contributed by atoms with Crippen LogP contribution < -0.4 is 5.73 Å². The van der Waals surface area contributed by atoms with E-state index in [2.05, 4.69) is 4.90 Å². The Bertz CT molecular complexity index is 452. The van der Waals surface area contributed by atoms with E-state index in [4.69, 9.17) is 5.73 Å². The first-order chi connectivity index (χ1) is 10.0. The van der Waals surface area contributed by atoms with E-state index in [0.29, 0.717) is 32.5 Å². The molecule has 2 rings (SSSR count). The molecule has 21 heavy (non-hydrogen) atoms. The molecule has 2 fully saturated rings. The third-order valence-electron chi connectivity index (χ3n) is 4.43. The van der Waals surface area contributed by atoms with Crippen LogP contribution >= 0.6 is 0 Å². The van der Waals surface area contributed by atoms with E-state index >= 15 is 0 Å². The van der Waals surface area contributed by atoms with E-state index in [-0.39, 0.29) is 11.7 Å². The monoisotopic (exact) mass is 317 g/mol. The Balaban J connectivity index is 1.93. The fourth-order valence-corrected chi connectivity index (χ4v) is 5.04. The van der Waals surface area contributed by atoms with Crippen molar-refractivity contribution in [2.45, 2.75) is 37.4 Å². The summed E-state index contributed by atoms with van der Waals surface area (Å²) in [5.74, 6) is -0.00441. The molecule has 1 amide bonds. The minimum absolute atomic E-state index is 0.167. The van der Waals surface area contributed by atoms with Crippen LogP contribution in [0.4, 0.5) is 0 Å². The summed E-state index contributed by atoms with van der Waals surface area (Å²) in [4.78, 5) is 16.6. The Morgan fingerprint density at radius 1 is 1.10 bits per heavy atom. The van der Waals surface area contributed by atoms with Gasteiger partial charge in [0.05, 0.1) is 5.75 Å². The van der Waals surface area contributed by atoms with Gasteiger partial charge in [-0.25, -0.2) is 8.42 Å². The van der Waals surface area contributed by atoms with Crippen LogP contribution in [-0.2, 0) is 14.6 Å². The molecule has 6 nitrogen and oxygen atoms in total. The first kappa shape index (κ1) is 16.7. The predicted octanol–water partition coefficient (Wildman–Crippen LogP) is -0.163. The molecule has 2 N–H and O–H groups in total. The summed E-state index contributed by atoms with van der Waals surface area (Å²) in [5.41, 5.74) is 5.53. The highest BCUT2D eigenvalue weighted by molar-refractivity contribution is 7.92. The third kappa shape index (κ3) is 4.40. The number of rotatable bonds is 4. The molecule has 1 unspecified atom stereocenters. The van der Waals surface area contributed by atoms with Crippen LogP contribution in [-0.4, -0.2) is 74.4 Å².